The lowest BCUT2D eigenvalue weighted by molar-refractivity contribution is -0.145. The van der Waals surface area contributed by atoms with E-state index in [0.29, 0.717) is 51.1 Å². The second-order valence-electron chi connectivity index (χ2n) is 14.9. The van der Waals surface area contributed by atoms with Gasteiger partial charge in [-0.25, -0.2) is 26.8 Å². The third-order valence-electron chi connectivity index (χ3n) is 9.41. The maximum absolute atomic E-state index is 14.2. The predicted octanol–water partition coefficient (Wildman–Crippen LogP) is 5.57. The first-order valence-electron chi connectivity index (χ1n) is 18.1. The van der Waals surface area contributed by atoms with Crippen LogP contribution in [0.2, 0.25) is 0 Å². The molecule has 0 spiro atoms. The molecule has 0 radical (unpaired) electrons. The Morgan fingerprint density at radius 3 is 2.40 bits per heavy atom. The van der Waals surface area contributed by atoms with E-state index in [4.69, 9.17) is 14.2 Å². The summed E-state index contributed by atoms with van der Waals surface area (Å²) in [4.78, 5) is 8.64. The third-order valence-corrected chi connectivity index (χ3v) is 13.6. The van der Waals surface area contributed by atoms with Crippen LogP contribution >= 0.6 is 11.8 Å². The van der Waals surface area contributed by atoms with Gasteiger partial charge in [0.25, 0.3) is 19.9 Å². The van der Waals surface area contributed by atoms with E-state index >= 15 is 0 Å². The number of morpholine rings is 1. The molecule has 4 aliphatic rings. The molecule has 0 amide bonds. The Morgan fingerprint density at radius 1 is 1.02 bits per heavy atom. The summed E-state index contributed by atoms with van der Waals surface area (Å²) in [5.74, 6) is -2.02. The number of epoxide rings is 1. The molecular weight excluding hydrogens is 827 g/mol. The fourth-order valence-corrected chi connectivity index (χ4v) is 9.75. The van der Waals surface area contributed by atoms with Crippen LogP contribution in [0.5, 0.6) is 0 Å². The number of benzene rings is 1. The highest BCUT2D eigenvalue weighted by Gasteiger charge is 2.50. The smallest absolute Gasteiger partial charge is 0.380 e. The molecule has 22 heteroatoms. The van der Waals surface area contributed by atoms with E-state index in [1.165, 1.54) is 11.8 Å². The van der Waals surface area contributed by atoms with Crippen LogP contribution in [-0.4, -0.2) is 117 Å². The number of alkyl halides is 6. The standard InChI is InChI=1S/C35H44F6N6O7S3/c1-33(2,3)54-31-30(53-31)47-14-12-25-27(20-47)43-32(34(36,37)38)44-29(25)45-57(50,51)24-9-10-26(28(19-24)56(48,49)35(39,40)41)42-22(11-13-46-15-17-52-18-16-46)21-55-23-7-5-4-6-8-23/h4-7,9-10,19,22-23,30-31,42H,8,11-18,20-21H2,1-3H3,(H,43,44,45)/t22-,23?,30?,31?/m1/s1. The topological polar surface area (TPSA) is 156 Å². The number of ether oxygens (including phenoxy) is 3. The van der Waals surface area contributed by atoms with E-state index in [9.17, 15) is 43.2 Å². The van der Waals surface area contributed by atoms with E-state index < -0.39 is 82.8 Å². The number of thioether (sulfide) groups is 1. The second kappa shape index (κ2) is 16.9. The van der Waals surface area contributed by atoms with Crippen molar-refractivity contribution in [1.29, 1.82) is 0 Å². The zero-order valence-electron chi connectivity index (χ0n) is 31.3. The van der Waals surface area contributed by atoms with Gasteiger partial charge in [-0.05, 0) is 58.2 Å². The zero-order valence-corrected chi connectivity index (χ0v) is 33.7. The quantitative estimate of drug-likeness (QED) is 0.180. The van der Waals surface area contributed by atoms with E-state index in [1.807, 2.05) is 49.8 Å². The molecule has 0 bridgehead atoms. The van der Waals surface area contributed by atoms with Crippen molar-refractivity contribution in [3.8, 4) is 0 Å². The predicted molar refractivity (Wildman–Crippen MR) is 200 cm³/mol. The van der Waals surface area contributed by atoms with Crippen molar-refractivity contribution in [3.63, 3.8) is 0 Å². The Bertz CT molecular complexity index is 2060. The van der Waals surface area contributed by atoms with Gasteiger partial charge in [0.15, 0.2) is 12.5 Å². The van der Waals surface area contributed by atoms with Gasteiger partial charge in [-0.1, -0.05) is 24.3 Å². The number of sulfonamides is 1. The van der Waals surface area contributed by atoms with Gasteiger partial charge in [0, 0.05) is 55.3 Å². The first kappa shape index (κ1) is 43.6. The lowest BCUT2D eigenvalue weighted by Crippen LogP contribution is -2.39. The molecule has 57 heavy (non-hydrogen) atoms. The summed E-state index contributed by atoms with van der Waals surface area (Å²) in [5.41, 5.74) is -6.98. The Kier molecular flexibility index (Phi) is 13.0. The van der Waals surface area contributed by atoms with Crippen molar-refractivity contribution in [2.45, 2.75) is 97.5 Å². The lowest BCUT2D eigenvalue weighted by atomic mass is 10.1. The van der Waals surface area contributed by atoms with E-state index in [-0.39, 0.29) is 36.0 Å². The van der Waals surface area contributed by atoms with Crippen LogP contribution in [0.1, 0.15) is 50.7 Å². The molecule has 3 aliphatic heterocycles. The number of sulfone groups is 1. The van der Waals surface area contributed by atoms with Crippen molar-refractivity contribution < 1.29 is 57.4 Å². The number of allylic oxidation sites excluding steroid dienone is 3. The molecule has 1 aromatic heterocycles. The molecule has 4 heterocycles. The van der Waals surface area contributed by atoms with Crippen LogP contribution in [-0.2, 0) is 53.2 Å². The van der Waals surface area contributed by atoms with Gasteiger partial charge in [-0.2, -0.15) is 38.1 Å². The van der Waals surface area contributed by atoms with E-state index in [2.05, 4.69) is 20.2 Å². The van der Waals surface area contributed by atoms with E-state index in [1.54, 1.807) is 4.90 Å². The molecule has 13 nitrogen and oxygen atoms in total. The molecule has 316 valence electrons. The maximum atomic E-state index is 14.2. The normalized spacial score (nSPS) is 22.9. The molecule has 3 unspecified atom stereocenters. The molecule has 2 N–H and O–H groups in total. The number of fused-ring (bicyclic) bond motifs is 1. The summed E-state index contributed by atoms with van der Waals surface area (Å²) in [6.07, 6.45) is 2.52. The van der Waals surface area contributed by atoms with Gasteiger partial charge < -0.3 is 19.5 Å². The lowest BCUT2D eigenvalue weighted by Gasteiger charge is -2.30. The van der Waals surface area contributed by atoms with Crippen molar-refractivity contribution in [2.24, 2.45) is 0 Å². The Morgan fingerprint density at radius 2 is 1.75 bits per heavy atom. The average molecular weight is 871 g/mol. The summed E-state index contributed by atoms with van der Waals surface area (Å²) in [5, 5.41) is 3.03. The van der Waals surface area contributed by atoms with Crippen LogP contribution in [0.25, 0.3) is 0 Å². The second-order valence-corrected chi connectivity index (χ2v) is 19.7. The van der Waals surface area contributed by atoms with Crippen LogP contribution in [0.4, 0.5) is 37.8 Å². The van der Waals surface area contributed by atoms with Crippen LogP contribution in [0, 0.1) is 0 Å². The number of anilines is 2. The van der Waals surface area contributed by atoms with Gasteiger partial charge in [0.05, 0.1) is 35.1 Å². The number of nitrogens with one attached hydrogen (secondary N) is 2. The van der Waals surface area contributed by atoms with Gasteiger partial charge in [0.2, 0.25) is 5.82 Å². The highest BCUT2D eigenvalue weighted by atomic mass is 32.2. The molecule has 1 aromatic carbocycles. The highest BCUT2D eigenvalue weighted by Crippen LogP contribution is 2.39. The zero-order chi connectivity index (χ0) is 41.4. The molecule has 0 saturated carbocycles. The summed E-state index contributed by atoms with van der Waals surface area (Å²) in [6.45, 7) is 8.28. The minimum Gasteiger partial charge on any atom is -0.380 e. The Labute approximate surface area is 331 Å². The van der Waals surface area contributed by atoms with Crippen LogP contribution < -0.4 is 10.0 Å². The summed E-state index contributed by atoms with van der Waals surface area (Å²) >= 11 is 1.53. The molecule has 6 rings (SSSR count). The SMILES string of the molecule is CC(C)(C)OC1OC1N1CCc2c(nc(C(F)(F)F)nc2NS(=O)(=O)c2ccc(N[C@H](CCN3CCOCC3)CSC3C=CC=CC3)c(S(=O)(=O)C(F)(F)F)c2)C1. The van der Waals surface area contributed by atoms with Crippen LogP contribution in [0.3, 0.4) is 0 Å². The largest absolute Gasteiger partial charge is 0.501 e. The first-order chi connectivity index (χ1) is 26.6. The van der Waals surface area contributed by atoms with Crippen molar-refractivity contribution >= 4 is 43.1 Å². The summed E-state index contributed by atoms with van der Waals surface area (Å²) in [7, 11) is -11.2. The molecule has 2 fully saturated rings. The monoisotopic (exact) mass is 870 g/mol. The average Bonchev–Trinajstić information content (AvgIpc) is 3.89. The fraction of sp³-hybridized carbons (Fsp3) is 0.600. The summed E-state index contributed by atoms with van der Waals surface area (Å²) in [6, 6.07) is 1.61. The van der Waals surface area contributed by atoms with Gasteiger partial charge >= 0.3 is 11.7 Å². The number of aromatic nitrogens is 2. The Hall–Kier alpha value is -2.99. The molecular formula is C35H44F6N6O7S3. The first-order valence-corrected chi connectivity index (χ1v) is 22.2. The number of halogens is 6. The molecule has 2 aromatic rings. The third kappa shape index (κ3) is 11.0. The highest BCUT2D eigenvalue weighted by molar-refractivity contribution is 8.00. The number of nitrogens with zero attached hydrogens (tertiary/aromatic N) is 4. The van der Waals surface area contributed by atoms with Gasteiger partial charge in [0.1, 0.15) is 10.7 Å². The molecule has 1 aliphatic carbocycles. The van der Waals surface area contributed by atoms with Gasteiger partial charge in [-0.3, -0.25) is 14.5 Å². The Balaban J connectivity index is 1.29. The molecule has 4 atom stereocenters. The maximum Gasteiger partial charge on any atom is 0.501 e. The molecule has 2 saturated heterocycles. The van der Waals surface area contributed by atoms with Crippen molar-refractivity contribution in [3.05, 3.63) is 59.6 Å². The minimum atomic E-state index is -6.15. The summed E-state index contributed by atoms with van der Waals surface area (Å²) < 4.78 is 157. The van der Waals surface area contributed by atoms with Gasteiger partial charge in [-0.15, -0.1) is 0 Å². The number of rotatable bonds is 14. The van der Waals surface area contributed by atoms with Crippen molar-refractivity contribution in [1.82, 2.24) is 19.8 Å². The number of hydrogen-bond donors (Lipinski definition) is 2. The minimum absolute atomic E-state index is 0.0270. The van der Waals surface area contributed by atoms with Crippen LogP contribution in [0.15, 0.2) is 52.3 Å². The fourth-order valence-electron chi connectivity index (χ4n) is 6.49. The number of hydrogen-bond acceptors (Lipinski definition) is 13. The van der Waals surface area contributed by atoms with Crippen molar-refractivity contribution in [2.75, 3.05) is 55.2 Å². The van der Waals surface area contributed by atoms with E-state index in [0.717, 1.165) is 18.6 Å².